The van der Waals surface area contributed by atoms with Crippen LogP contribution in [0.15, 0.2) is 0 Å². The lowest BCUT2D eigenvalue weighted by molar-refractivity contribution is 0.311. The molecule has 1 saturated carbocycles. The summed E-state index contributed by atoms with van der Waals surface area (Å²) in [4.78, 5) is 0. The average molecular weight is 275 g/mol. The second kappa shape index (κ2) is 6.38. The summed E-state index contributed by atoms with van der Waals surface area (Å²) in [6.45, 7) is 4.58. The Morgan fingerprint density at radius 3 is 2.50 bits per heavy atom. The maximum Gasteiger partial charge on any atom is 0.147 e. The van der Waals surface area contributed by atoms with E-state index >= 15 is 0 Å². The number of sulfone groups is 1. The molecule has 1 rings (SSSR count). The van der Waals surface area contributed by atoms with Crippen molar-refractivity contribution in [1.29, 1.82) is 0 Å². The van der Waals surface area contributed by atoms with Crippen LogP contribution in [0.2, 0.25) is 0 Å². The lowest BCUT2D eigenvalue weighted by atomic mass is 9.85. The maximum atomic E-state index is 11.1. The molecule has 0 amide bonds. The summed E-state index contributed by atoms with van der Waals surface area (Å²) in [5.74, 6) is 1.81. The smallest absolute Gasteiger partial charge is 0.147 e. The SMILES string of the molecule is CC(C)C1CCCC(N)(CCCS(C)(=O)=O)CC1. The normalized spacial score (nSPS) is 30.4. The second-order valence-electron chi connectivity index (χ2n) is 6.53. The van der Waals surface area contributed by atoms with Gasteiger partial charge in [0.05, 0.1) is 0 Å². The topological polar surface area (TPSA) is 60.2 Å². The predicted molar refractivity (Wildman–Crippen MR) is 77.3 cm³/mol. The van der Waals surface area contributed by atoms with E-state index in [4.69, 9.17) is 5.73 Å². The monoisotopic (exact) mass is 275 g/mol. The van der Waals surface area contributed by atoms with Crippen LogP contribution in [0.5, 0.6) is 0 Å². The zero-order valence-electron chi connectivity index (χ0n) is 12.1. The molecule has 0 aromatic rings. The van der Waals surface area contributed by atoms with Crippen molar-refractivity contribution < 1.29 is 8.42 Å². The fourth-order valence-corrected chi connectivity index (χ4v) is 3.73. The molecule has 0 saturated heterocycles. The third-order valence-corrected chi connectivity index (χ3v) is 5.43. The lowest BCUT2D eigenvalue weighted by Crippen LogP contribution is -2.39. The minimum atomic E-state index is -2.84. The molecule has 0 heterocycles. The second-order valence-corrected chi connectivity index (χ2v) is 8.79. The van der Waals surface area contributed by atoms with Crippen molar-refractivity contribution in [2.75, 3.05) is 12.0 Å². The van der Waals surface area contributed by atoms with E-state index in [-0.39, 0.29) is 11.3 Å². The molecule has 0 spiro atoms. The van der Waals surface area contributed by atoms with Crippen LogP contribution in [-0.4, -0.2) is 26.0 Å². The van der Waals surface area contributed by atoms with Crippen LogP contribution in [-0.2, 0) is 9.84 Å². The van der Waals surface area contributed by atoms with E-state index in [9.17, 15) is 8.42 Å². The first kappa shape index (κ1) is 16.0. The van der Waals surface area contributed by atoms with E-state index in [2.05, 4.69) is 13.8 Å². The molecule has 2 atom stereocenters. The van der Waals surface area contributed by atoms with E-state index < -0.39 is 9.84 Å². The maximum absolute atomic E-state index is 11.1. The summed E-state index contributed by atoms with van der Waals surface area (Å²) in [6, 6.07) is 0. The third kappa shape index (κ3) is 5.70. The standard InChI is InChI=1S/C14H29NO2S/c1-12(2)13-6-4-8-14(15,10-7-13)9-5-11-18(3,16)17/h12-13H,4-11,15H2,1-3H3. The van der Waals surface area contributed by atoms with Gasteiger partial charge in [-0.15, -0.1) is 0 Å². The van der Waals surface area contributed by atoms with Gasteiger partial charge < -0.3 is 5.73 Å². The molecule has 3 nitrogen and oxygen atoms in total. The summed E-state index contributed by atoms with van der Waals surface area (Å²) in [7, 11) is -2.84. The van der Waals surface area contributed by atoms with Gasteiger partial charge in [-0.05, 0) is 43.9 Å². The van der Waals surface area contributed by atoms with Gasteiger partial charge >= 0.3 is 0 Å². The van der Waals surface area contributed by atoms with Gasteiger partial charge in [0.2, 0.25) is 0 Å². The van der Waals surface area contributed by atoms with Gasteiger partial charge in [-0.3, -0.25) is 0 Å². The van der Waals surface area contributed by atoms with E-state index in [0.29, 0.717) is 6.42 Å². The Labute approximate surface area is 112 Å². The molecule has 1 fully saturated rings. The van der Waals surface area contributed by atoms with Crippen molar-refractivity contribution in [3.63, 3.8) is 0 Å². The highest BCUT2D eigenvalue weighted by molar-refractivity contribution is 7.90. The Balaban J connectivity index is 2.44. The highest BCUT2D eigenvalue weighted by atomic mass is 32.2. The fraction of sp³-hybridized carbons (Fsp3) is 1.00. The first-order chi connectivity index (χ1) is 8.22. The van der Waals surface area contributed by atoms with Gasteiger partial charge in [0.25, 0.3) is 0 Å². The predicted octanol–water partition coefficient (Wildman–Crippen LogP) is 2.75. The molecular formula is C14H29NO2S. The largest absolute Gasteiger partial charge is 0.325 e. The molecule has 4 heteroatoms. The van der Waals surface area contributed by atoms with Gasteiger partial charge in [-0.2, -0.15) is 0 Å². The van der Waals surface area contributed by atoms with Crippen molar-refractivity contribution in [1.82, 2.24) is 0 Å². The van der Waals surface area contributed by atoms with Crippen molar-refractivity contribution in [3.05, 3.63) is 0 Å². The zero-order chi connectivity index (χ0) is 13.8. The number of hydrogen-bond acceptors (Lipinski definition) is 3. The number of rotatable bonds is 5. The van der Waals surface area contributed by atoms with Gasteiger partial charge in [0, 0.05) is 17.5 Å². The molecule has 1 aliphatic carbocycles. The Kier molecular flexibility index (Phi) is 5.66. The van der Waals surface area contributed by atoms with Crippen LogP contribution >= 0.6 is 0 Å². The molecule has 18 heavy (non-hydrogen) atoms. The minimum absolute atomic E-state index is 0.117. The first-order valence-electron chi connectivity index (χ1n) is 7.18. The Morgan fingerprint density at radius 2 is 1.94 bits per heavy atom. The van der Waals surface area contributed by atoms with Crippen molar-refractivity contribution in [2.45, 2.75) is 64.3 Å². The highest BCUT2D eigenvalue weighted by Gasteiger charge is 2.30. The van der Waals surface area contributed by atoms with Crippen LogP contribution in [0.3, 0.4) is 0 Å². The first-order valence-corrected chi connectivity index (χ1v) is 9.24. The third-order valence-electron chi connectivity index (χ3n) is 4.40. The summed E-state index contributed by atoms with van der Waals surface area (Å²) >= 11 is 0. The molecule has 0 radical (unpaired) electrons. The van der Waals surface area contributed by atoms with Gasteiger partial charge in [0.15, 0.2) is 0 Å². The van der Waals surface area contributed by atoms with E-state index in [1.54, 1.807) is 0 Å². The van der Waals surface area contributed by atoms with Crippen LogP contribution in [0, 0.1) is 11.8 Å². The molecular weight excluding hydrogens is 246 g/mol. The molecule has 0 aromatic carbocycles. The van der Waals surface area contributed by atoms with Crippen molar-refractivity contribution in [3.8, 4) is 0 Å². The number of hydrogen-bond donors (Lipinski definition) is 1. The number of nitrogens with two attached hydrogens (primary N) is 1. The van der Waals surface area contributed by atoms with Gasteiger partial charge in [0.1, 0.15) is 9.84 Å². The lowest BCUT2D eigenvalue weighted by Gasteiger charge is -2.28. The molecule has 1 aliphatic rings. The van der Waals surface area contributed by atoms with Crippen LogP contribution < -0.4 is 5.73 Å². The summed E-state index contributed by atoms with van der Waals surface area (Å²) in [6.07, 6.45) is 8.65. The summed E-state index contributed by atoms with van der Waals surface area (Å²) in [5, 5.41) is 0. The summed E-state index contributed by atoms with van der Waals surface area (Å²) in [5.41, 5.74) is 6.34. The van der Waals surface area contributed by atoms with E-state index in [1.165, 1.54) is 25.5 Å². The van der Waals surface area contributed by atoms with Crippen LogP contribution in [0.25, 0.3) is 0 Å². The Hall–Kier alpha value is -0.0900. The van der Waals surface area contributed by atoms with Gasteiger partial charge in [-0.25, -0.2) is 8.42 Å². The molecule has 2 N–H and O–H groups in total. The van der Waals surface area contributed by atoms with Crippen LogP contribution in [0.4, 0.5) is 0 Å². The summed E-state index contributed by atoms with van der Waals surface area (Å²) < 4.78 is 22.3. The van der Waals surface area contributed by atoms with Gasteiger partial charge in [-0.1, -0.05) is 26.7 Å². The molecule has 2 unspecified atom stereocenters. The average Bonchev–Trinajstić information content (AvgIpc) is 2.38. The quantitative estimate of drug-likeness (QED) is 0.785. The van der Waals surface area contributed by atoms with Crippen molar-refractivity contribution >= 4 is 9.84 Å². The molecule has 108 valence electrons. The van der Waals surface area contributed by atoms with E-state index in [0.717, 1.165) is 31.1 Å². The molecule has 0 bridgehead atoms. The molecule has 0 aromatic heterocycles. The van der Waals surface area contributed by atoms with Crippen LogP contribution in [0.1, 0.15) is 58.8 Å². The minimum Gasteiger partial charge on any atom is -0.325 e. The van der Waals surface area contributed by atoms with E-state index in [1.807, 2.05) is 0 Å². The van der Waals surface area contributed by atoms with Crippen molar-refractivity contribution in [2.24, 2.45) is 17.6 Å². The Bertz CT molecular complexity index is 351. The zero-order valence-corrected chi connectivity index (χ0v) is 12.9. The molecule has 0 aliphatic heterocycles. The Morgan fingerprint density at radius 1 is 1.28 bits per heavy atom. The fourth-order valence-electron chi connectivity index (χ4n) is 3.06. The highest BCUT2D eigenvalue weighted by Crippen LogP contribution is 2.34.